The number of ether oxygens (including phenoxy) is 16. The first-order valence-corrected chi connectivity index (χ1v) is 47.1. The van der Waals surface area contributed by atoms with Crippen LogP contribution >= 0.6 is 38.9 Å². The van der Waals surface area contributed by atoms with Gasteiger partial charge in [-0.15, -0.1) is 40.8 Å². The standard InChI is InChI=1S/2C21H25N5O5.C20H21N5O4.C11H15N5O.C10H12O5.C9H10O5.CH4.Cl3OP/c2*1-28-17-11-14(21(27)30-3)16(12-18(17)29-2)31-10-5-4-9-26-13-23-25-20(26)15-7-6-8-19(22)24-15;1-27-16-10-13-15(11-17(16)28-2)29-9-4-3-8-25-12-21-24-19(25)14-6-5-7-18(22-14)23-20(13)26;12-10-5-3-4-9(14-10)11-15-13-8-16(11)6-1-2-7-17;1-13-8-4-6(10(12)15-3)7(11)5-9(8)14-2;1-13-7-3-5(9(11)12)6(10)4-8(7)14-2;;1-5(2,3)4/h2*6-8,11-13H,4-5,9-10H2,1-3H3,(H2,22,24);5-7,10-12H,3-4,8-9H2,1-2H3,(H,22,23,26);3-5,8,17H,1-2,6-7H2,(H2,12,14);4-5,11H,1-3H3;3-4,10H,1-2H3,(H,11,12);1H4;. The molecule has 1 aliphatic heterocycles. The van der Waals surface area contributed by atoms with Gasteiger partial charge in [0, 0.05) is 93.4 Å². The summed E-state index contributed by atoms with van der Waals surface area (Å²) in [6, 6.07) is 36.2. The number of phenolic OH excluding ortho intramolecular Hbond substituents is 1. The Labute approximate surface area is 836 Å². The van der Waals surface area contributed by atoms with Crippen LogP contribution in [0.4, 0.5) is 23.3 Å². The smallest absolute Gasteiger partial charge is 0.341 e. The maximum absolute atomic E-state index is 13.0. The van der Waals surface area contributed by atoms with Crippen LogP contribution in [0.25, 0.3) is 46.1 Å². The van der Waals surface area contributed by atoms with Crippen LogP contribution in [0.5, 0.6) is 86.2 Å². The molecule has 50 heteroatoms. The molecule has 5 aromatic carbocycles. The van der Waals surface area contributed by atoms with Crippen molar-refractivity contribution in [3.8, 4) is 132 Å². The highest BCUT2D eigenvalue weighted by Crippen LogP contribution is 2.61. The number of esters is 3. The summed E-state index contributed by atoms with van der Waals surface area (Å²) in [5.41, 5.74) is 20.5. The fourth-order valence-electron chi connectivity index (χ4n) is 12.9. The number of carbonyl (C=O) groups is 5. The molecule has 14 rings (SSSR count). The van der Waals surface area contributed by atoms with Gasteiger partial charge in [-0.25, -0.2) is 39.1 Å². The highest BCUT2D eigenvalue weighted by atomic mass is 36.0. The Bertz CT molecular complexity index is 6200. The number of nitrogen functional groups attached to an aromatic ring is 3. The number of nitrogens with two attached hydrogens (primary N) is 3. The predicted molar refractivity (Wildman–Crippen MR) is 529 cm³/mol. The number of nitrogens with one attached hydrogen (secondary N) is 1. The van der Waals surface area contributed by atoms with Gasteiger partial charge in [-0.2, -0.15) is 0 Å². The van der Waals surface area contributed by atoms with E-state index >= 15 is 0 Å². The number of pyridine rings is 4. The summed E-state index contributed by atoms with van der Waals surface area (Å²) in [5.74, 6) is 5.75. The molecule has 0 unspecified atom stereocenters. The molecule has 1 aliphatic rings. The van der Waals surface area contributed by atoms with Crippen molar-refractivity contribution in [2.75, 3.05) is 141 Å². The quantitative estimate of drug-likeness (QED) is 0.00819. The Morgan fingerprint density at radius 1 is 0.420 bits per heavy atom. The minimum absolute atomic E-state index is 0. The number of phenols is 2. The fourth-order valence-corrected chi connectivity index (χ4v) is 12.9. The second kappa shape index (κ2) is 58.2. The van der Waals surface area contributed by atoms with Crippen LogP contribution in [0.15, 0.2) is 159 Å². The van der Waals surface area contributed by atoms with E-state index < -0.39 is 29.1 Å². The number of hydrogen-bond acceptors (Lipinski definition) is 40. The van der Waals surface area contributed by atoms with Crippen molar-refractivity contribution in [2.45, 2.75) is 85.0 Å². The summed E-state index contributed by atoms with van der Waals surface area (Å²) in [7, 11) is 18.6. The number of aromatic hydroxyl groups is 2. The number of unbranched alkanes of at least 4 members (excludes halogenated alkanes) is 3. The Balaban J connectivity index is 0.000000236. The molecule has 8 aromatic heterocycles. The lowest BCUT2D eigenvalue weighted by atomic mass is 10.1. The fraction of sp³-hybridized carbons (Fsp3) is 0.323. The van der Waals surface area contributed by atoms with Crippen LogP contribution in [0.3, 0.4) is 0 Å². The Hall–Kier alpha value is -15.9. The van der Waals surface area contributed by atoms with E-state index in [1.54, 1.807) is 93.1 Å². The number of aliphatic hydroxyl groups is 1. The summed E-state index contributed by atoms with van der Waals surface area (Å²) in [6.45, 7) is 4.31. The topological polar surface area (TPSA) is 596 Å². The predicted octanol–water partition coefficient (Wildman–Crippen LogP) is 14.4. The summed E-state index contributed by atoms with van der Waals surface area (Å²) in [4.78, 5) is 76.4. The van der Waals surface area contributed by atoms with E-state index in [-0.39, 0.29) is 65.2 Å². The second-order valence-electron chi connectivity index (χ2n) is 28.9. The number of carboxylic acids is 1. The SMILES string of the molecule is C.COC(=O)c1cc(OC)c(OC)cc1O.COC(=O)c1cc(OC)c(OC)cc1OCCCCn1cnnc1-c1cccc(N)n1.COC(=O)c1cc(OC)c(OC)cc1OCCCCn1cnnc1-c1cccc(N)n1.COc1cc(O)c(C(=O)O)cc1OC.COc1cc2c(cc1OC)C(=O)Nc1cccc(n1)-c1nncn1CCCCO2.Nc1cccc(-c2nncn2CCCCO)n1.O=P(Cl)(Cl)Cl. The van der Waals surface area contributed by atoms with Gasteiger partial charge >= 0.3 is 29.1 Å². The molecule has 0 saturated carbocycles. The van der Waals surface area contributed by atoms with Crippen molar-refractivity contribution < 1.29 is 125 Å². The molecular formula is C93H112Cl3N20O26P. The van der Waals surface area contributed by atoms with Gasteiger partial charge in [0.2, 0.25) is 0 Å². The van der Waals surface area contributed by atoms with Gasteiger partial charge in [0.1, 0.15) is 122 Å². The number of nitrogens with zero attached hydrogens (tertiary/aromatic N) is 16. The average Bonchev–Trinajstić information content (AvgIpc) is 1.64. The number of aromatic carboxylic acids is 1. The van der Waals surface area contributed by atoms with E-state index in [9.17, 15) is 38.8 Å². The van der Waals surface area contributed by atoms with Gasteiger partial charge in [0.05, 0.1) is 118 Å². The van der Waals surface area contributed by atoms with Crippen LogP contribution in [-0.2, 0) is 45.0 Å². The molecule has 9 heterocycles. The number of halogens is 3. The molecule has 13 aromatic rings. The second-order valence-corrected chi connectivity index (χ2v) is 35.6. The number of methoxy groups -OCH3 is 13. The molecule has 0 radical (unpaired) electrons. The number of anilines is 4. The first-order chi connectivity index (χ1) is 68.4. The molecule has 0 aliphatic carbocycles. The van der Waals surface area contributed by atoms with Crippen molar-refractivity contribution >= 4 is 92.0 Å². The van der Waals surface area contributed by atoms with Crippen molar-refractivity contribution in [1.82, 2.24) is 79.0 Å². The van der Waals surface area contributed by atoms with Crippen molar-refractivity contribution in [2.24, 2.45) is 0 Å². The molecule has 2 bridgehead atoms. The summed E-state index contributed by atoms with van der Waals surface area (Å²) >= 11 is 13.8. The van der Waals surface area contributed by atoms with Crippen LogP contribution in [0, 0.1) is 0 Å². The lowest BCUT2D eigenvalue weighted by molar-refractivity contribution is 0.0586. The molecule has 0 saturated heterocycles. The van der Waals surface area contributed by atoms with Crippen LogP contribution < -0.4 is 84.1 Å². The number of benzene rings is 5. The maximum atomic E-state index is 13.0. The Kier molecular flexibility index (Phi) is 46.4. The number of carbonyl (C=O) groups excluding carboxylic acids is 4. The van der Waals surface area contributed by atoms with E-state index in [0.717, 1.165) is 64.5 Å². The van der Waals surface area contributed by atoms with Crippen LogP contribution in [0.1, 0.15) is 111 Å². The lowest BCUT2D eigenvalue weighted by Crippen LogP contribution is -2.16. The number of rotatable bonds is 33. The van der Waals surface area contributed by atoms with E-state index in [1.165, 1.54) is 110 Å². The molecule has 46 nitrogen and oxygen atoms in total. The average molecular weight is 2060 g/mol. The molecule has 11 N–H and O–H groups in total. The minimum atomic E-state index is -3.22. The van der Waals surface area contributed by atoms with Gasteiger partial charge in [0.15, 0.2) is 80.8 Å². The molecule has 143 heavy (non-hydrogen) atoms. The third-order valence-corrected chi connectivity index (χ3v) is 19.8. The normalized spacial score (nSPS) is 11.0. The molecular weight excluding hydrogens is 1950 g/mol. The number of aryl methyl sites for hydroxylation is 4. The van der Waals surface area contributed by atoms with Crippen molar-refractivity contribution in [3.05, 3.63) is 187 Å². The molecule has 0 atom stereocenters. The molecule has 0 spiro atoms. The zero-order valence-corrected chi connectivity index (χ0v) is 82.7. The Morgan fingerprint density at radius 3 is 1.15 bits per heavy atom. The molecule has 0 fully saturated rings. The van der Waals surface area contributed by atoms with Crippen molar-refractivity contribution in [1.29, 1.82) is 0 Å². The van der Waals surface area contributed by atoms with E-state index in [4.69, 9.17) is 98.5 Å². The zero-order valence-electron chi connectivity index (χ0n) is 79.6. The third kappa shape index (κ3) is 34.0. The minimum Gasteiger partial charge on any atom is -0.507 e. The molecule has 766 valence electrons. The number of aliphatic hydroxyl groups excluding tert-OH is 1. The Morgan fingerprint density at radius 2 is 0.755 bits per heavy atom. The van der Waals surface area contributed by atoms with Gasteiger partial charge in [-0.1, -0.05) is 31.7 Å². The monoisotopic (exact) mass is 2060 g/mol. The maximum Gasteiger partial charge on any atom is 0.341 e. The number of aromatic nitrogens is 16. The van der Waals surface area contributed by atoms with E-state index in [1.807, 2.05) is 66.8 Å². The lowest BCUT2D eigenvalue weighted by Gasteiger charge is -2.16. The zero-order chi connectivity index (χ0) is 103. The first kappa shape index (κ1) is 114. The van der Waals surface area contributed by atoms with Gasteiger partial charge in [0.25, 0.3) is 5.91 Å². The number of amides is 1. The summed E-state index contributed by atoms with van der Waals surface area (Å²) < 4.78 is 100. The summed E-state index contributed by atoms with van der Waals surface area (Å²) in [5, 5.41) is 68.2. The summed E-state index contributed by atoms with van der Waals surface area (Å²) in [6.07, 6.45) is 13.0. The van der Waals surface area contributed by atoms with Gasteiger partial charge < -0.3 is 137 Å². The van der Waals surface area contributed by atoms with Crippen LogP contribution in [-0.4, -0.2) is 248 Å². The van der Waals surface area contributed by atoms with Gasteiger partial charge in [-0.3, -0.25) is 9.36 Å². The molecule has 1 amide bonds. The van der Waals surface area contributed by atoms with E-state index in [2.05, 4.69) is 105 Å². The number of carboxylic acid groups (broad SMARTS) is 1. The highest BCUT2D eigenvalue weighted by molar-refractivity contribution is 8.24. The highest BCUT2D eigenvalue weighted by Gasteiger charge is 2.26. The third-order valence-electron chi connectivity index (χ3n) is 19.8. The van der Waals surface area contributed by atoms with Crippen molar-refractivity contribution in [3.63, 3.8) is 0 Å². The number of hydrogen-bond donors (Lipinski definition) is 8. The van der Waals surface area contributed by atoms with Crippen LogP contribution in [0.2, 0.25) is 0 Å². The van der Waals surface area contributed by atoms with Gasteiger partial charge in [-0.05, 0) is 134 Å². The largest absolute Gasteiger partial charge is 0.507 e. The van der Waals surface area contributed by atoms with E-state index in [0.29, 0.717) is 171 Å². The first-order valence-electron chi connectivity index (χ1n) is 42.7. The number of fused-ring (bicyclic) bond motifs is 5.